The Morgan fingerprint density at radius 3 is 3.00 bits per heavy atom. The number of pyridine rings is 1. The number of hydrogen-bond acceptors (Lipinski definition) is 4. The standard InChI is InChI=1S/C11H12FN3O/c1-2-13-7-10-4-11(16-15-10)8-3-9(12)6-14-5-8/h3-6,13H,2,7H2,1H3. The number of nitrogens with zero attached hydrogens (tertiary/aromatic N) is 2. The van der Waals surface area contributed by atoms with Crippen LogP contribution in [0.5, 0.6) is 0 Å². The fraction of sp³-hybridized carbons (Fsp3) is 0.273. The molecule has 0 bridgehead atoms. The predicted molar refractivity (Wildman–Crippen MR) is 57.1 cm³/mol. The fourth-order valence-corrected chi connectivity index (χ4v) is 1.33. The summed E-state index contributed by atoms with van der Waals surface area (Å²) in [5.74, 6) is 0.141. The maximum atomic E-state index is 12.9. The number of rotatable bonds is 4. The molecule has 0 unspecified atom stereocenters. The lowest BCUT2D eigenvalue weighted by Gasteiger charge is -1.94. The topological polar surface area (TPSA) is 51.0 Å². The van der Waals surface area contributed by atoms with E-state index in [1.807, 2.05) is 6.92 Å². The van der Waals surface area contributed by atoms with Crippen molar-refractivity contribution >= 4 is 0 Å². The number of nitrogens with one attached hydrogen (secondary N) is 1. The van der Waals surface area contributed by atoms with Crippen molar-refractivity contribution in [2.24, 2.45) is 0 Å². The van der Waals surface area contributed by atoms with Crippen LogP contribution in [0, 0.1) is 5.82 Å². The molecule has 0 saturated heterocycles. The summed E-state index contributed by atoms with van der Waals surface area (Å²) in [7, 11) is 0. The van der Waals surface area contributed by atoms with Crippen molar-refractivity contribution in [1.82, 2.24) is 15.5 Å². The van der Waals surface area contributed by atoms with Gasteiger partial charge in [0.1, 0.15) is 5.82 Å². The highest BCUT2D eigenvalue weighted by molar-refractivity contribution is 5.55. The number of aromatic nitrogens is 2. The monoisotopic (exact) mass is 221 g/mol. The molecule has 0 atom stereocenters. The Balaban J connectivity index is 2.18. The second kappa shape index (κ2) is 4.85. The SMILES string of the molecule is CCNCc1cc(-c2cncc(F)c2)on1. The molecule has 0 aliphatic carbocycles. The molecule has 0 radical (unpaired) electrons. The minimum Gasteiger partial charge on any atom is -0.356 e. The maximum Gasteiger partial charge on any atom is 0.168 e. The van der Waals surface area contributed by atoms with Crippen molar-refractivity contribution in [1.29, 1.82) is 0 Å². The molecule has 5 heteroatoms. The molecule has 0 aromatic carbocycles. The average molecular weight is 221 g/mol. The van der Waals surface area contributed by atoms with Crippen molar-refractivity contribution in [3.63, 3.8) is 0 Å². The lowest BCUT2D eigenvalue weighted by Crippen LogP contribution is -2.11. The summed E-state index contributed by atoms with van der Waals surface area (Å²) >= 11 is 0. The number of hydrogen-bond donors (Lipinski definition) is 1. The van der Waals surface area contributed by atoms with E-state index in [4.69, 9.17) is 4.52 Å². The van der Waals surface area contributed by atoms with Crippen molar-refractivity contribution in [3.8, 4) is 11.3 Å². The smallest absolute Gasteiger partial charge is 0.168 e. The van der Waals surface area contributed by atoms with E-state index in [1.54, 1.807) is 12.3 Å². The Morgan fingerprint density at radius 2 is 2.25 bits per heavy atom. The summed E-state index contributed by atoms with van der Waals surface area (Å²) in [6.07, 6.45) is 2.69. The van der Waals surface area contributed by atoms with E-state index >= 15 is 0 Å². The van der Waals surface area contributed by atoms with Gasteiger partial charge in [-0.25, -0.2) is 4.39 Å². The third-order valence-corrected chi connectivity index (χ3v) is 2.10. The van der Waals surface area contributed by atoms with Crippen molar-refractivity contribution in [2.45, 2.75) is 13.5 Å². The first kappa shape index (κ1) is 10.8. The van der Waals surface area contributed by atoms with Gasteiger partial charge < -0.3 is 9.84 Å². The van der Waals surface area contributed by atoms with Crippen LogP contribution in [0.2, 0.25) is 0 Å². The van der Waals surface area contributed by atoms with Crippen LogP contribution in [0.25, 0.3) is 11.3 Å². The van der Waals surface area contributed by atoms with Crippen LogP contribution in [-0.2, 0) is 6.54 Å². The van der Waals surface area contributed by atoms with E-state index in [0.29, 0.717) is 17.9 Å². The normalized spacial score (nSPS) is 10.6. The second-order valence-electron chi connectivity index (χ2n) is 3.35. The summed E-state index contributed by atoms with van der Waals surface area (Å²) in [4.78, 5) is 3.75. The van der Waals surface area contributed by atoms with Gasteiger partial charge in [-0.2, -0.15) is 0 Å². The van der Waals surface area contributed by atoms with E-state index in [2.05, 4.69) is 15.5 Å². The van der Waals surface area contributed by atoms with Gasteiger partial charge in [0.25, 0.3) is 0 Å². The first-order valence-corrected chi connectivity index (χ1v) is 5.07. The summed E-state index contributed by atoms with van der Waals surface area (Å²) < 4.78 is 18.0. The van der Waals surface area contributed by atoms with Gasteiger partial charge in [0, 0.05) is 24.4 Å². The minimum atomic E-state index is -0.387. The Morgan fingerprint density at radius 1 is 1.38 bits per heavy atom. The molecule has 0 fully saturated rings. The molecule has 2 aromatic heterocycles. The average Bonchev–Trinajstić information content (AvgIpc) is 2.75. The molecule has 16 heavy (non-hydrogen) atoms. The molecular formula is C11H12FN3O. The Hall–Kier alpha value is -1.75. The van der Waals surface area contributed by atoms with Gasteiger partial charge in [0.2, 0.25) is 0 Å². The first-order chi connectivity index (χ1) is 7.79. The summed E-state index contributed by atoms with van der Waals surface area (Å²) in [5, 5.41) is 7.00. The van der Waals surface area contributed by atoms with Gasteiger partial charge in [-0.3, -0.25) is 4.98 Å². The molecule has 84 valence electrons. The predicted octanol–water partition coefficient (Wildman–Crippen LogP) is 1.99. The van der Waals surface area contributed by atoms with E-state index in [9.17, 15) is 4.39 Å². The highest BCUT2D eigenvalue weighted by Crippen LogP contribution is 2.19. The van der Waals surface area contributed by atoms with Crippen LogP contribution in [0.15, 0.2) is 29.0 Å². The number of halogens is 1. The molecule has 2 aromatic rings. The molecular weight excluding hydrogens is 209 g/mol. The summed E-state index contributed by atoms with van der Waals surface area (Å²) in [6, 6.07) is 3.14. The fourth-order valence-electron chi connectivity index (χ4n) is 1.33. The van der Waals surface area contributed by atoms with Gasteiger partial charge in [0.05, 0.1) is 11.9 Å². The van der Waals surface area contributed by atoms with Crippen LogP contribution in [0.1, 0.15) is 12.6 Å². The van der Waals surface area contributed by atoms with Crippen LogP contribution in [-0.4, -0.2) is 16.7 Å². The van der Waals surface area contributed by atoms with E-state index in [1.165, 1.54) is 6.07 Å². The second-order valence-corrected chi connectivity index (χ2v) is 3.35. The first-order valence-electron chi connectivity index (χ1n) is 5.07. The highest BCUT2D eigenvalue weighted by Gasteiger charge is 2.07. The third-order valence-electron chi connectivity index (χ3n) is 2.10. The zero-order valence-electron chi connectivity index (χ0n) is 8.90. The lowest BCUT2D eigenvalue weighted by molar-refractivity contribution is 0.420. The zero-order chi connectivity index (χ0) is 11.4. The summed E-state index contributed by atoms with van der Waals surface area (Å²) in [5.41, 5.74) is 1.39. The molecule has 4 nitrogen and oxygen atoms in total. The van der Waals surface area contributed by atoms with Gasteiger partial charge >= 0.3 is 0 Å². The molecule has 0 aliphatic heterocycles. The zero-order valence-corrected chi connectivity index (χ0v) is 8.90. The molecule has 0 spiro atoms. The van der Waals surface area contributed by atoms with Crippen LogP contribution >= 0.6 is 0 Å². The van der Waals surface area contributed by atoms with Crippen LogP contribution < -0.4 is 5.32 Å². The lowest BCUT2D eigenvalue weighted by atomic mass is 10.2. The Labute approximate surface area is 92.5 Å². The van der Waals surface area contributed by atoms with Gasteiger partial charge in [-0.15, -0.1) is 0 Å². The molecule has 2 heterocycles. The molecule has 1 N–H and O–H groups in total. The third kappa shape index (κ3) is 2.43. The van der Waals surface area contributed by atoms with Gasteiger partial charge in [-0.1, -0.05) is 12.1 Å². The molecule has 0 aliphatic rings. The van der Waals surface area contributed by atoms with E-state index in [0.717, 1.165) is 18.4 Å². The van der Waals surface area contributed by atoms with Crippen molar-refractivity contribution in [2.75, 3.05) is 6.54 Å². The molecule has 0 amide bonds. The summed E-state index contributed by atoms with van der Waals surface area (Å²) in [6.45, 7) is 3.52. The molecule has 0 saturated carbocycles. The maximum absolute atomic E-state index is 12.9. The largest absolute Gasteiger partial charge is 0.356 e. The Kier molecular flexibility index (Phi) is 3.26. The van der Waals surface area contributed by atoms with Crippen molar-refractivity contribution in [3.05, 3.63) is 36.0 Å². The molecule has 2 rings (SSSR count). The van der Waals surface area contributed by atoms with Crippen LogP contribution in [0.4, 0.5) is 4.39 Å². The Bertz CT molecular complexity index is 470. The van der Waals surface area contributed by atoms with Crippen molar-refractivity contribution < 1.29 is 8.91 Å². The van der Waals surface area contributed by atoms with Gasteiger partial charge in [0.15, 0.2) is 5.76 Å². The van der Waals surface area contributed by atoms with Gasteiger partial charge in [-0.05, 0) is 12.6 Å². The van der Waals surface area contributed by atoms with E-state index in [-0.39, 0.29) is 5.82 Å². The minimum absolute atomic E-state index is 0.387. The quantitative estimate of drug-likeness (QED) is 0.857. The highest BCUT2D eigenvalue weighted by atomic mass is 19.1. The van der Waals surface area contributed by atoms with Crippen LogP contribution in [0.3, 0.4) is 0 Å². The van der Waals surface area contributed by atoms with E-state index < -0.39 is 0 Å².